The Hall–Kier alpha value is -1.09. The van der Waals surface area contributed by atoms with E-state index in [1.807, 2.05) is 26.8 Å². The molecule has 1 N–H and O–H groups in total. The largest absolute Gasteiger partial charge is 0.374 e. The van der Waals surface area contributed by atoms with Gasteiger partial charge in [-0.3, -0.25) is 4.79 Å². The number of amides is 1. The molecule has 0 fully saturated rings. The molecule has 1 amide bonds. The summed E-state index contributed by atoms with van der Waals surface area (Å²) < 4.78 is 5.57. The van der Waals surface area contributed by atoms with E-state index < -0.39 is 0 Å². The normalized spacial score (nSPS) is 12.4. The van der Waals surface area contributed by atoms with E-state index >= 15 is 0 Å². The molecule has 0 saturated heterocycles. The molecule has 0 aliphatic heterocycles. The van der Waals surface area contributed by atoms with Gasteiger partial charge in [-0.05, 0) is 39.2 Å². The van der Waals surface area contributed by atoms with E-state index in [1.165, 1.54) is 5.57 Å². The Morgan fingerprint density at radius 1 is 1.33 bits per heavy atom. The van der Waals surface area contributed by atoms with Gasteiger partial charge in [-0.25, -0.2) is 0 Å². The molecule has 3 nitrogen and oxygen atoms in total. The monoisotopic (exact) mass is 253 g/mol. The van der Waals surface area contributed by atoms with Crippen LogP contribution >= 0.6 is 0 Å². The molecule has 0 aromatic heterocycles. The van der Waals surface area contributed by atoms with Crippen molar-refractivity contribution in [1.82, 2.24) is 5.32 Å². The molecule has 0 aromatic carbocycles. The third-order valence-corrected chi connectivity index (χ3v) is 2.29. The summed E-state index contributed by atoms with van der Waals surface area (Å²) in [5.41, 5.74) is 1.18. The molecule has 0 unspecified atom stereocenters. The lowest BCUT2D eigenvalue weighted by Gasteiger charge is -2.08. The van der Waals surface area contributed by atoms with Crippen molar-refractivity contribution in [3.63, 3.8) is 0 Å². The standard InChI is InChI=1S/C15H27NO2/c1-5-9-14(12-18-13(3)4)10-7-8-11-15(17)16-6-2/h7,9-10,13H,5-6,8,11-12H2,1-4H3,(H,16,17)/b10-7-,14-9+. The van der Waals surface area contributed by atoms with Gasteiger partial charge in [0.05, 0.1) is 12.7 Å². The number of hydrogen-bond acceptors (Lipinski definition) is 2. The summed E-state index contributed by atoms with van der Waals surface area (Å²) in [5, 5.41) is 2.79. The van der Waals surface area contributed by atoms with Crippen LogP contribution in [0, 0.1) is 0 Å². The Bertz CT molecular complexity index is 280. The Kier molecular flexibility index (Phi) is 10.4. The fourth-order valence-corrected chi connectivity index (χ4v) is 1.43. The summed E-state index contributed by atoms with van der Waals surface area (Å²) in [6, 6.07) is 0. The summed E-state index contributed by atoms with van der Waals surface area (Å²) >= 11 is 0. The SMILES string of the molecule is CC/C=C(\C=C/CCC(=O)NCC)COC(C)C. The second-order valence-electron chi connectivity index (χ2n) is 4.44. The Morgan fingerprint density at radius 3 is 2.61 bits per heavy atom. The van der Waals surface area contributed by atoms with Gasteiger partial charge in [-0.2, -0.15) is 0 Å². The van der Waals surface area contributed by atoms with Gasteiger partial charge in [0.15, 0.2) is 0 Å². The van der Waals surface area contributed by atoms with E-state index in [9.17, 15) is 4.79 Å². The summed E-state index contributed by atoms with van der Waals surface area (Å²) in [7, 11) is 0. The van der Waals surface area contributed by atoms with Crippen molar-refractivity contribution >= 4 is 5.91 Å². The molecule has 0 rings (SSSR count). The van der Waals surface area contributed by atoms with Gasteiger partial charge in [0.25, 0.3) is 0 Å². The van der Waals surface area contributed by atoms with Gasteiger partial charge in [-0.1, -0.05) is 25.2 Å². The molecule has 104 valence electrons. The number of ether oxygens (including phenoxy) is 1. The maximum Gasteiger partial charge on any atom is 0.220 e. The van der Waals surface area contributed by atoms with Crippen molar-refractivity contribution in [2.75, 3.05) is 13.2 Å². The Balaban J connectivity index is 4.01. The van der Waals surface area contributed by atoms with Crippen LogP contribution in [0.2, 0.25) is 0 Å². The smallest absolute Gasteiger partial charge is 0.220 e. The highest BCUT2D eigenvalue weighted by Gasteiger charge is 1.98. The van der Waals surface area contributed by atoms with Crippen molar-refractivity contribution in [1.29, 1.82) is 0 Å². The lowest BCUT2D eigenvalue weighted by atomic mass is 10.2. The van der Waals surface area contributed by atoms with Crippen LogP contribution in [-0.2, 0) is 9.53 Å². The predicted octanol–water partition coefficient (Wildman–Crippen LogP) is 3.22. The van der Waals surface area contributed by atoms with Crippen molar-refractivity contribution in [3.05, 3.63) is 23.8 Å². The minimum atomic E-state index is 0.113. The van der Waals surface area contributed by atoms with Crippen molar-refractivity contribution in [2.45, 2.75) is 53.1 Å². The topological polar surface area (TPSA) is 38.3 Å². The molecule has 0 saturated carbocycles. The summed E-state index contributed by atoms with van der Waals surface area (Å²) in [6.07, 6.45) is 8.83. The molecule has 18 heavy (non-hydrogen) atoms. The molecular formula is C15H27NO2. The van der Waals surface area contributed by atoms with Crippen LogP contribution in [0.25, 0.3) is 0 Å². The summed E-state index contributed by atoms with van der Waals surface area (Å²) in [5.74, 6) is 0.113. The van der Waals surface area contributed by atoms with Crippen molar-refractivity contribution in [3.8, 4) is 0 Å². The molecule has 0 heterocycles. The highest BCUT2D eigenvalue weighted by Crippen LogP contribution is 2.04. The first kappa shape index (κ1) is 16.9. The van der Waals surface area contributed by atoms with Gasteiger partial charge >= 0.3 is 0 Å². The maximum absolute atomic E-state index is 11.2. The van der Waals surface area contributed by atoms with E-state index in [2.05, 4.69) is 24.4 Å². The number of carbonyl (C=O) groups is 1. The lowest BCUT2D eigenvalue weighted by Crippen LogP contribution is -2.21. The van der Waals surface area contributed by atoms with Crippen LogP contribution in [0.1, 0.15) is 47.0 Å². The second-order valence-corrected chi connectivity index (χ2v) is 4.44. The van der Waals surface area contributed by atoms with E-state index in [1.54, 1.807) is 0 Å². The average Bonchev–Trinajstić information content (AvgIpc) is 2.31. The minimum Gasteiger partial charge on any atom is -0.374 e. The van der Waals surface area contributed by atoms with Crippen molar-refractivity contribution in [2.24, 2.45) is 0 Å². The molecule has 0 radical (unpaired) electrons. The molecule has 0 aliphatic rings. The maximum atomic E-state index is 11.2. The van der Waals surface area contributed by atoms with E-state index in [0.717, 1.165) is 12.8 Å². The summed E-state index contributed by atoms with van der Waals surface area (Å²) in [6.45, 7) is 9.44. The van der Waals surface area contributed by atoms with Crippen LogP contribution < -0.4 is 5.32 Å². The van der Waals surface area contributed by atoms with Crippen LogP contribution in [0.4, 0.5) is 0 Å². The zero-order valence-corrected chi connectivity index (χ0v) is 12.2. The van der Waals surface area contributed by atoms with Gasteiger partial charge in [0, 0.05) is 13.0 Å². The van der Waals surface area contributed by atoms with E-state index in [-0.39, 0.29) is 12.0 Å². The first-order valence-electron chi connectivity index (χ1n) is 6.84. The highest BCUT2D eigenvalue weighted by atomic mass is 16.5. The quantitative estimate of drug-likeness (QED) is 0.641. The van der Waals surface area contributed by atoms with Crippen LogP contribution in [0.3, 0.4) is 0 Å². The van der Waals surface area contributed by atoms with Gasteiger partial charge in [-0.15, -0.1) is 0 Å². The zero-order chi connectivity index (χ0) is 13.8. The van der Waals surface area contributed by atoms with E-state index in [4.69, 9.17) is 4.74 Å². The Labute approximate surface area is 111 Å². The number of rotatable bonds is 9. The Morgan fingerprint density at radius 2 is 2.06 bits per heavy atom. The molecule has 0 bridgehead atoms. The van der Waals surface area contributed by atoms with Gasteiger partial charge in [0.2, 0.25) is 5.91 Å². The number of nitrogens with one attached hydrogen (secondary N) is 1. The fraction of sp³-hybridized carbons (Fsp3) is 0.667. The van der Waals surface area contributed by atoms with Crippen molar-refractivity contribution < 1.29 is 9.53 Å². The molecule has 0 atom stereocenters. The van der Waals surface area contributed by atoms with E-state index in [0.29, 0.717) is 19.6 Å². The average molecular weight is 253 g/mol. The molecule has 3 heteroatoms. The van der Waals surface area contributed by atoms with Crippen LogP contribution in [-0.4, -0.2) is 25.2 Å². The number of hydrogen-bond donors (Lipinski definition) is 1. The minimum absolute atomic E-state index is 0.113. The zero-order valence-electron chi connectivity index (χ0n) is 12.2. The lowest BCUT2D eigenvalue weighted by molar-refractivity contribution is -0.120. The molecule has 0 spiro atoms. The molecular weight excluding hydrogens is 226 g/mol. The number of allylic oxidation sites excluding steroid dienone is 2. The number of carbonyl (C=O) groups excluding carboxylic acids is 1. The van der Waals surface area contributed by atoms with Crippen LogP contribution in [0.5, 0.6) is 0 Å². The first-order chi connectivity index (χ1) is 8.60. The second kappa shape index (κ2) is 11.0. The van der Waals surface area contributed by atoms with Gasteiger partial charge in [0.1, 0.15) is 0 Å². The first-order valence-corrected chi connectivity index (χ1v) is 6.84. The molecule has 0 aliphatic carbocycles. The van der Waals surface area contributed by atoms with Crippen LogP contribution in [0.15, 0.2) is 23.8 Å². The third-order valence-electron chi connectivity index (χ3n) is 2.29. The fourth-order valence-electron chi connectivity index (χ4n) is 1.43. The van der Waals surface area contributed by atoms with Gasteiger partial charge < -0.3 is 10.1 Å². The highest BCUT2D eigenvalue weighted by molar-refractivity contribution is 5.75. The predicted molar refractivity (Wildman–Crippen MR) is 76.5 cm³/mol. The summed E-state index contributed by atoms with van der Waals surface area (Å²) in [4.78, 5) is 11.2. The molecule has 0 aromatic rings. The third kappa shape index (κ3) is 10.1.